The highest BCUT2D eigenvalue weighted by Crippen LogP contribution is 2.10. The molecular weight excluding hydrogens is 281 g/mol. The van der Waals surface area contributed by atoms with E-state index in [-0.39, 0.29) is 6.54 Å². The average Bonchev–Trinajstić information content (AvgIpc) is 2.08. The van der Waals surface area contributed by atoms with Crippen molar-refractivity contribution in [2.24, 2.45) is 0 Å². The first-order chi connectivity index (χ1) is 6.20. The number of benzene rings is 1. The summed E-state index contributed by atoms with van der Waals surface area (Å²) in [6, 6.07) is 7.89. The molecule has 1 aromatic rings. The van der Waals surface area contributed by atoms with Crippen molar-refractivity contribution in [2.45, 2.75) is 6.54 Å². The van der Waals surface area contributed by atoms with E-state index in [9.17, 15) is 4.79 Å². The van der Waals surface area contributed by atoms with Crippen LogP contribution in [0.3, 0.4) is 0 Å². The van der Waals surface area contributed by atoms with Crippen LogP contribution in [0.2, 0.25) is 0 Å². The van der Waals surface area contributed by atoms with Crippen LogP contribution in [-0.4, -0.2) is 17.6 Å². The van der Waals surface area contributed by atoms with E-state index >= 15 is 0 Å². The molecule has 0 saturated heterocycles. The minimum Gasteiger partial charge on any atom is -0.480 e. The van der Waals surface area contributed by atoms with Gasteiger partial charge in [0.05, 0.1) is 6.54 Å². The van der Waals surface area contributed by atoms with Crippen molar-refractivity contribution in [2.75, 3.05) is 6.54 Å². The van der Waals surface area contributed by atoms with Crippen molar-refractivity contribution < 1.29 is 9.90 Å². The molecule has 0 fully saturated rings. The van der Waals surface area contributed by atoms with E-state index in [0.29, 0.717) is 6.54 Å². The summed E-state index contributed by atoms with van der Waals surface area (Å²) in [5.74, 6) is -0.828. The third-order valence-electron chi connectivity index (χ3n) is 1.55. The van der Waals surface area contributed by atoms with E-state index in [4.69, 9.17) is 5.11 Å². The average molecular weight is 291 g/mol. The summed E-state index contributed by atoms with van der Waals surface area (Å²) in [4.78, 5) is 10.2. The van der Waals surface area contributed by atoms with Crippen LogP contribution >= 0.6 is 22.6 Å². The minimum atomic E-state index is -0.828. The molecule has 0 aliphatic heterocycles. The van der Waals surface area contributed by atoms with Crippen LogP contribution in [0.5, 0.6) is 0 Å². The number of carboxylic acids is 1. The summed E-state index contributed by atoms with van der Waals surface area (Å²) in [6.45, 7) is 0.608. The maximum atomic E-state index is 10.2. The molecule has 0 aromatic heterocycles. The fraction of sp³-hybridized carbons (Fsp3) is 0.222. The summed E-state index contributed by atoms with van der Waals surface area (Å²) < 4.78 is 1.15. The van der Waals surface area contributed by atoms with Crippen molar-refractivity contribution in [3.05, 3.63) is 33.4 Å². The molecule has 4 heteroatoms. The number of aliphatic carboxylic acids is 1. The zero-order valence-electron chi connectivity index (χ0n) is 6.96. The second-order valence-corrected chi connectivity index (χ2v) is 3.75. The Balaban J connectivity index is 2.45. The number of carboxylic acid groups (broad SMARTS) is 1. The molecule has 0 saturated carbocycles. The smallest absolute Gasteiger partial charge is 0.317 e. The van der Waals surface area contributed by atoms with Gasteiger partial charge in [-0.2, -0.15) is 0 Å². The van der Waals surface area contributed by atoms with Gasteiger partial charge in [-0.15, -0.1) is 0 Å². The highest BCUT2D eigenvalue weighted by Gasteiger charge is 1.99. The fourth-order valence-electron chi connectivity index (χ4n) is 0.946. The quantitative estimate of drug-likeness (QED) is 0.826. The van der Waals surface area contributed by atoms with E-state index in [0.717, 1.165) is 9.13 Å². The van der Waals surface area contributed by atoms with Gasteiger partial charge in [0.1, 0.15) is 0 Å². The number of hydrogen-bond acceptors (Lipinski definition) is 2. The van der Waals surface area contributed by atoms with Gasteiger partial charge in [0, 0.05) is 10.1 Å². The molecule has 70 valence electrons. The monoisotopic (exact) mass is 291 g/mol. The van der Waals surface area contributed by atoms with Gasteiger partial charge >= 0.3 is 5.97 Å². The molecule has 0 heterocycles. The summed E-state index contributed by atoms with van der Waals surface area (Å²) in [6.07, 6.45) is 0. The van der Waals surface area contributed by atoms with Crippen LogP contribution in [0.4, 0.5) is 0 Å². The Morgan fingerprint density at radius 3 is 2.77 bits per heavy atom. The first kappa shape index (κ1) is 10.5. The molecule has 0 aliphatic rings. The van der Waals surface area contributed by atoms with Crippen LogP contribution in [0.15, 0.2) is 24.3 Å². The van der Waals surface area contributed by atoms with Gasteiger partial charge in [-0.25, -0.2) is 0 Å². The number of hydrogen-bond donors (Lipinski definition) is 2. The molecule has 13 heavy (non-hydrogen) atoms. The topological polar surface area (TPSA) is 49.3 Å². The van der Waals surface area contributed by atoms with E-state index in [1.807, 2.05) is 24.3 Å². The van der Waals surface area contributed by atoms with Crippen LogP contribution in [0.25, 0.3) is 0 Å². The van der Waals surface area contributed by atoms with Gasteiger partial charge in [0.15, 0.2) is 0 Å². The maximum Gasteiger partial charge on any atom is 0.317 e. The Hall–Kier alpha value is -0.620. The number of carbonyl (C=O) groups is 1. The lowest BCUT2D eigenvalue weighted by Gasteiger charge is -2.03. The van der Waals surface area contributed by atoms with Crippen molar-refractivity contribution in [1.82, 2.24) is 5.32 Å². The van der Waals surface area contributed by atoms with Gasteiger partial charge in [-0.05, 0) is 34.2 Å². The lowest BCUT2D eigenvalue weighted by Crippen LogP contribution is -2.22. The lowest BCUT2D eigenvalue weighted by atomic mass is 10.2. The summed E-state index contributed by atoms with van der Waals surface area (Å²) in [5.41, 5.74) is 1.13. The second-order valence-electron chi connectivity index (χ2n) is 2.59. The van der Waals surface area contributed by atoms with E-state index in [2.05, 4.69) is 27.9 Å². The van der Waals surface area contributed by atoms with E-state index < -0.39 is 5.97 Å². The second kappa shape index (κ2) is 5.18. The normalized spacial score (nSPS) is 9.92. The van der Waals surface area contributed by atoms with Crippen molar-refractivity contribution in [3.63, 3.8) is 0 Å². The van der Waals surface area contributed by atoms with Crippen LogP contribution in [0, 0.1) is 3.57 Å². The largest absolute Gasteiger partial charge is 0.480 e. The third kappa shape index (κ3) is 3.73. The SMILES string of the molecule is O=C(O)CNCc1ccccc1I. The lowest BCUT2D eigenvalue weighted by molar-refractivity contribution is -0.135. The fourth-order valence-corrected chi connectivity index (χ4v) is 1.52. The minimum absolute atomic E-state index is 0.00493. The summed E-state index contributed by atoms with van der Waals surface area (Å²) in [5, 5.41) is 11.2. The van der Waals surface area contributed by atoms with Gasteiger partial charge < -0.3 is 10.4 Å². The molecular formula is C9H10INO2. The highest BCUT2D eigenvalue weighted by molar-refractivity contribution is 14.1. The zero-order valence-corrected chi connectivity index (χ0v) is 9.11. The number of nitrogens with one attached hydrogen (secondary N) is 1. The Kier molecular flexibility index (Phi) is 4.17. The molecule has 0 unspecified atom stereocenters. The van der Waals surface area contributed by atoms with Gasteiger partial charge in [0.25, 0.3) is 0 Å². The molecule has 0 aliphatic carbocycles. The van der Waals surface area contributed by atoms with Crippen LogP contribution in [-0.2, 0) is 11.3 Å². The maximum absolute atomic E-state index is 10.2. The first-order valence-corrected chi connectivity index (χ1v) is 4.94. The summed E-state index contributed by atoms with van der Waals surface area (Å²) >= 11 is 2.23. The first-order valence-electron chi connectivity index (χ1n) is 3.86. The number of halogens is 1. The standard InChI is InChI=1S/C9H10INO2/c10-8-4-2-1-3-7(8)5-11-6-9(12)13/h1-4,11H,5-6H2,(H,12,13). The van der Waals surface area contributed by atoms with Crippen molar-refractivity contribution in [3.8, 4) is 0 Å². The molecule has 0 radical (unpaired) electrons. The van der Waals surface area contributed by atoms with Crippen molar-refractivity contribution in [1.29, 1.82) is 0 Å². The molecule has 1 rings (SSSR count). The Morgan fingerprint density at radius 2 is 2.15 bits per heavy atom. The molecule has 2 N–H and O–H groups in total. The summed E-state index contributed by atoms with van der Waals surface area (Å²) in [7, 11) is 0. The Labute approximate surface area is 90.3 Å². The predicted octanol–water partition coefficient (Wildman–Crippen LogP) is 1.47. The number of rotatable bonds is 4. The predicted molar refractivity (Wildman–Crippen MR) is 58.5 cm³/mol. The van der Waals surface area contributed by atoms with Crippen molar-refractivity contribution >= 4 is 28.6 Å². The molecule has 0 amide bonds. The molecule has 0 spiro atoms. The Bertz CT molecular complexity index is 301. The molecule has 1 aromatic carbocycles. The molecule has 0 atom stereocenters. The van der Waals surface area contributed by atoms with E-state index in [1.54, 1.807) is 0 Å². The van der Waals surface area contributed by atoms with Gasteiger partial charge in [-0.3, -0.25) is 4.79 Å². The Morgan fingerprint density at radius 1 is 1.46 bits per heavy atom. The third-order valence-corrected chi connectivity index (χ3v) is 2.60. The van der Waals surface area contributed by atoms with E-state index in [1.165, 1.54) is 0 Å². The zero-order chi connectivity index (χ0) is 9.68. The molecule has 0 bridgehead atoms. The van der Waals surface area contributed by atoms with Crippen LogP contribution in [0.1, 0.15) is 5.56 Å². The molecule has 3 nitrogen and oxygen atoms in total. The van der Waals surface area contributed by atoms with Gasteiger partial charge in [-0.1, -0.05) is 18.2 Å². The van der Waals surface area contributed by atoms with Gasteiger partial charge in [0.2, 0.25) is 0 Å². The highest BCUT2D eigenvalue weighted by atomic mass is 127. The van der Waals surface area contributed by atoms with Crippen LogP contribution < -0.4 is 5.32 Å².